The van der Waals surface area contributed by atoms with Gasteiger partial charge in [-0.15, -0.1) is 0 Å². The van der Waals surface area contributed by atoms with Gasteiger partial charge in [0.15, 0.2) is 0 Å². The van der Waals surface area contributed by atoms with E-state index in [0.717, 1.165) is 37.3 Å². The molecule has 0 aliphatic carbocycles. The Labute approximate surface area is 108 Å². The highest BCUT2D eigenvalue weighted by molar-refractivity contribution is 5.82. The van der Waals surface area contributed by atoms with Gasteiger partial charge < -0.3 is 10.2 Å². The van der Waals surface area contributed by atoms with Gasteiger partial charge >= 0.3 is 0 Å². The Balaban J connectivity index is 2.00. The van der Waals surface area contributed by atoms with E-state index in [9.17, 15) is 4.79 Å². The van der Waals surface area contributed by atoms with Gasteiger partial charge in [0.25, 0.3) is 0 Å². The van der Waals surface area contributed by atoms with Crippen LogP contribution in [0.3, 0.4) is 0 Å². The predicted molar refractivity (Wildman–Crippen MR) is 68.9 cm³/mol. The summed E-state index contributed by atoms with van der Waals surface area (Å²) in [4.78, 5) is 22.6. The number of nitrogens with one attached hydrogen (secondary N) is 1. The van der Waals surface area contributed by atoms with Crippen LogP contribution < -0.4 is 5.32 Å². The standard InChI is InChI=1S/C13H20N4O/c1-3-14-12-5-4-6-17(13(12)18)9-11-8-15-10(2)7-16-11/h7-8,12,14H,3-6,9H2,1-2H3. The molecule has 0 saturated carbocycles. The minimum Gasteiger partial charge on any atom is -0.335 e. The molecule has 1 aromatic rings. The summed E-state index contributed by atoms with van der Waals surface area (Å²) in [5, 5.41) is 3.23. The van der Waals surface area contributed by atoms with Crippen molar-refractivity contribution in [1.29, 1.82) is 0 Å². The SMILES string of the molecule is CCNC1CCCN(Cc2cnc(C)cn2)C1=O. The van der Waals surface area contributed by atoms with Gasteiger partial charge in [0.2, 0.25) is 5.91 Å². The van der Waals surface area contributed by atoms with Crippen LogP contribution >= 0.6 is 0 Å². The number of piperidine rings is 1. The topological polar surface area (TPSA) is 58.1 Å². The highest BCUT2D eigenvalue weighted by Gasteiger charge is 2.27. The molecule has 1 saturated heterocycles. The van der Waals surface area contributed by atoms with Crippen LogP contribution in [0.5, 0.6) is 0 Å². The monoisotopic (exact) mass is 248 g/mol. The Kier molecular flexibility index (Phi) is 4.25. The van der Waals surface area contributed by atoms with Crippen molar-refractivity contribution in [3.05, 3.63) is 23.8 Å². The first-order valence-electron chi connectivity index (χ1n) is 6.50. The van der Waals surface area contributed by atoms with Crippen LogP contribution in [-0.4, -0.2) is 39.9 Å². The van der Waals surface area contributed by atoms with Gasteiger partial charge in [-0.2, -0.15) is 0 Å². The maximum Gasteiger partial charge on any atom is 0.240 e. The van der Waals surface area contributed by atoms with E-state index in [1.165, 1.54) is 0 Å². The molecule has 1 fully saturated rings. The van der Waals surface area contributed by atoms with Crippen molar-refractivity contribution < 1.29 is 4.79 Å². The van der Waals surface area contributed by atoms with Gasteiger partial charge in [0, 0.05) is 12.7 Å². The molecule has 1 unspecified atom stereocenters. The first kappa shape index (κ1) is 13.0. The number of carbonyl (C=O) groups is 1. The van der Waals surface area contributed by atoms with Gasteiger partial charge in [-0.25, -0.2) is 0 Å². The molecule has 98 valence electrons. The molecule has 0 spiro atoms. The van der Waals surface area contributed by atoms with Crippen LogP contribution in [0.2, 0.25) is 0 Å². The number of rotatable bonds is 4. The Morgan fingerprint density at radius 1 is 1.44 bits per heavy atom. The fourth-order valence-electron chi connectivity index (χ4n) is 2.23. The van der Waals surface area contributed by atoms with Crippen molar-refractivity contribution >= 4 is 5.91 Å². The van der Waals surface area contributed by atoms with E-state index in [-0.39, 0.29) is 11.9 Å². The molecular weight excluding hydrogens is 228 g/mol. The molecule has 2 rings (SSSR count). The quantitative estimate of drug-likeness (QED) is 0.859. The van der Waals surface area contributed by atoms with Crippen molar-refractivity contribution in [2.24, 2.45) is 0 Å². The molecule has 5 nitrogen and oxygen atoms in total. The minimum atomic E-state index is -0.0258. The number of aromatic nitrogens is 2. The number of likely N-dealkylation sites (N-methyl/N-ethyl adjacent to an activating group) is 1. The van der Waals surface area contributed by atoms with E-state index in [0.29, 0.717) is 6.54 Å². The van der Waals surface area contributed by atoms with Gasteiger partial charge in [-0.05, 0) is 26.3 Å². The number of hydrogen-bond donors (Lipinski definition) is 1. The largest absolute Gasteiger partial charge is 0.335 e. The second-order valence-electron chi connectivity index (χ2n) is 4.66. The van der Waals surface area contributed by atoms with Gasteiger partial charge in [-0.1, -0.05) is 6.92 Å². The third kappa shape index (κ3) is 3.04. The zero-order valence-electron chi connectivity index (χ0n) is 11.0. The fraction of sp³-hybridized carbons (Fsp3) is 0.615. The second kappa shape index (κ2) is 5.91. The first-order valence-corrected chi connectivity index (χ1v) is 6.50. The summed E-state index contributed by atoms with van der Waals surface area (Å²) < 4.78 is 0. The lowest BCUT2D eigenvalue weighted by Gasteiger charge is -2.32. The first-order chi connectivity index (χ1) is 8.70. The number of likely N-dealkylation sites (tertiary alicyclic amines) is 1. The predicted octanol–water partition coefficient (Wildman–Crippen LogP) is 0.886. The number of nitrogens with zero attached hydrogens (tertiary/aromatic N) is 3. The number of carbonyl (C=O) groups excluding carboxylic acids is 1. The Morgan fingerprint density at radius 3 is 2.94 bits per heavy atom. The molecule has 5 heteroatoms. The Morgan fingerprint density at radius 2 is 2.28 bits per heavy atom. The van der Waals surface area contributed by atoms with E-state index >= 15 is 0 Å². The molecule has 0 bridgehead atoms. The molecule has 1 aliphatic rings. The highest BCUT2D eigenvalue weighted by atomic mass is 16.2. The summed E-state index contributed by atoms with van der Waals surface area (Å²) in [7, 11) is 0. The van der Waals surface area contributed by atoms with Crippen molar-refractivity contribution in [2.75, 3.05) is 13.1 Å². The molecule has 18 heavy (non-hydrogen) atoms. The lowest BCUT2D eigenvalue weighted by molar-refractivity contribution is -0.136. The van der Waals surface area contributed by atoms with Crippen LogP contribution in [0, 0.1) is 6.92 Å². The molecule has 0 aromatic carbocycles. The van der Waals surface area contributed by atoms with Crippen molar-refractivity contribution in [2.45, 2.75) is 39.3 Å². The summed E-state index contributed by atoms with van der Waals surface area (Å²) in [6.45, 7) is 6.14. The zero-order chi connectivity index (χ0) is 13.0. The number of aryl methyl sites for hydroxylation is 1. The molecule has 1 N–H and O–H groups in total. The van der Waals surface area contributed by atoms with Crippen LogP contribution in [0.4, 0.5) is 0 Å². The highest BCUT2D eigenvalue weighted by Crippen LogP contribution is 2.14. The third-order valence-electron chi connectivity index (χ3n) is 3.17. The maximum atomic E-state index is 12.2. The van der Waals surface area contributed by atoms with E-state index < -0.39 is 0 Å². The lowest BCUT2D eigenvalue weighted by atomic mass is 10.0. The van der Waals surface area contributed by atoms with Crippen molar-refractivity contribution in [3.63, 3.8) is 0 Å². The second-order valence-corrected chi connectivity index (χ2v) is 4.66. The summed E-state index contributed by atoms with van der Waals surface area (Å²) in [5.74, 6) is 0.186. The molecule has 2 heterocycles. The van der Waals surface area contributed by atoms with Crippen LogP contribution in [0.25, 0.3) is 0 Å². The summed E-state index contributed by atoms with van der Waals surface area (Å²) in [6.07, 6.45) is 5.47. The van der Waals surface area contributed by atoms with Crippen molar-refractivity contribution in [3.8, 4) is 0 Å². The van der Waals surface area contributed by atoms with E-state index in [1.54, 1.807) is 12.4 Å². The van der Waals surface area contributed by atoms with Crippen LogP contribution in [-0.2, 0) is 11.3 Å². The van der Waals surface area contributed by atoms with Crippen LogP contribution in [0.1, 0.15) is 31.2 Å². The van der Waals surface area contributed by atoms with E-state index in [4.69, 9.17) is 0 Å². The normalized spacial score (nSPS) is 20.2. The molecule has 1 aliphatic heterocycles. The van der Waals surface area contributed by atoms with Crippen LogP contribution in [0.15, 0.2) is 12.4 Å². The fourth-order valence-corrected chi connectivity index (χ4v) is 2.23. The smallest absolute Gasteiger partial charge is 0.240 e. The Bertz CT molecular complexity index is 402. The molecule has 1 aromatic heterocycles. The summed E-state index contributed by atoms with van der Waals surface area (Å²) in [6, 6.07) is -0.0258. The van der Waals surface area contributed by atoms with E-state index in [1.807, 2.05) is 18.7 Å². The summed E-state index contributed by atoms with van der Waals surface area (Å²) in [5.41, 5.74) is 1.75. The number of amides is 1. The average molecular weight is 248 g/mol. The van der Waals surface area contributed by atoms with Gasteiger partial charge in [-0.3, -0.25) is 14.8 Å². The molecule has 1 amide bonds. The maximum absolute atomic E-state index is 12.2. The van der Waals surface area contributed by atoms with Gasteiger partial charge in [0.05, 0.1) is 30.2 Å². The Hall–Kier alpha value is -1.49. The molecule has 1 atom stereocenters. The minimum absolute atomic E-state index is 0.0258. The molecule has 0 radical (unpaired) electrons. The average Bonchev–Trinajstić information content (AvgIpc) is 2.37. The zero-order valence-corrected chi connectivity index (χ0v) is 11.0. The summed E-state index contributed by atoms with van der Waals surface area (Å²) >= 11 is 0. The lowest BCUT2D eigenvalue weighted by Crippen LogP contribution is -2.50. The van der Waals surface area contributed by atoms with Gasteiger partial charge in [0.1, 0.15) is 0 Å². The number of hydrogen-bond acceptors (Lipinski definition) is 4. The van der Waals surface area contributed by atoms with Crippen molar-refractivity contribution in [1.82, 2.24) is 20.2 Å². The third-order valence-corrected chi connectivity index (χ3v) is 3.17. The molecular formula is C13H20N4O. The van der Waals surface area contributed by atoms with E-state index in [2.05, 4.69) is 15.3 Å².